The molecule has 17 heavy (non-hydrogen) atoms. The molecule has 1 heterocycles. The second-order valence-corrected chi connectivity index (χ2v) is 4.48. The second-order valence-electron chi connectivity index (χ2n) is 4.48. The maximum Gasteiger partial charge on any atom is 0.101 e. The van der Waals surface area contributed by atoms with Crippen molar-refractivity contribution < 1.29 is 4.74 Å². The first-order valence-electron chi connectivity index (χ1n) is 6.12. The first-order valence-corrected chi connectivity index (χ1v) is 6.12. The summed E-state index contributed by atoms with van der Waals surface area (Å²) in [5.41, 5.74) is 3.00. The van der Waals surface area contributed by atoms with Gasteiger partial charge in [-0.05, 0) is 31.0 Å². The van der Waals surface area contributed by atoms with Crippen molar-refractivity contribution >= 4 is 5.69 Å². The number of anilines is 1. The lowest BCUT2D eigenvalue weighted by atomic mass is 10.1. The van der Waals surface area contributed by atoms with E-state index in [1.807, 2.05) is 12.1 Å². The van der Waals surface area contributed by atoms with Gasteiger partial charge in [-0.1, -0.05) is 13.0 Å². The molecular weight excluding hydrogens is 212 g/mol. The van der Waals surface area contributed by atoms with Crippen LogP contribution in [0, 0.1) is 18.3 Å². The first kappa shape index (κ1) is 11.9. The molecular formula is C14H18N2O. The molecule has 0 amide bonds. The maximum absolute atomic E-state index is 9.16. The number of nitriles is 1. The number of ether oxygens (including phenoxy) is 1. The fourth-order valence-electron chi connectivity index (χ4n) is 2.18. The Bertz CT molecular complexity index is 436. The van der Waals surface area contributed by atoms with Gasteiger partial charge < -0.3 is 9.64 Å². The van der Waals surface area contributed by atoms with Gasteiger partial charge in [0, 0.05) is 13.1 Å². The molecule has 3 nitrogen and oxygen atoms in total. The Kier molecular flexibility index (Phi) is 3.65. The molecule has 1 aliphatic heterocycles. The minimum Gasteiger partial charge on any atom is -0.375 e. The fraction of sp³-hybridized carbons (Fsp3) is 0.500. The SMILES string of the molecule is CCC1CN(c2cc(C)ccc2C#N)CCO1. The van der Waals surface area contributed by atoms with Crippen LogP contribution in [0.4, 0.5) is 5.69 Å². The lowest BCUT2D eigenvalue weighted by molar-refractivity contribution is 0.0384. The molecule has 90 valence electrons. The number of hydrogen-bond acceptors (Lipinski definition) is 3. The quantitative estimate of drug-likeness (QED) is 0.783. The summed E-state index contributed by atoms with van der Waals surface area (Å²) < 4.78 is 5.66. The van der Waals surface area contributed by atoms with E-state index in [2.05, 4.69) is 30.9 Å². The Morgan fingerprint density at radius 2 is 2.35 bits per heavy atom. The van der Waals surface area contributed by atoms with Gasteiger partial charge >= 0.3 is 0 Å². The minimum atomic E-state index is 0.288. The fourth-order valence-corrected chi connectivity index (χ4v) is 2.18. The second kappa shape index (κ2) is 5.20. The van der Waals surface area contributed by atoms with E-state index < -0.39 is 0 Å². The van der Waals surface area contributed by atoms with Crippen LogP contribution in [0.2, 0.25) is 0 Å². The third kappa shape index (κ3) is 2.59. The van der Waals surface area contributed by atoms with Crippen molar-refractivity contribution in [2.24, 2.45) is 0 Å². The predicted molar refractivity (Wildman–Crippen MR) is 68.1 cm³/mol. The van der Waals surface area contributed by atoms with Crippen LogP contribution < -0.4 is 4.90 Å². The zero-order valence-corrected chi connectivity index (χ0v) is 10.4. The molecule has 0 aliphatic carbocycles. The van der Waals surface area contributed by atoms with Crippen LogP contribution >= 0.6 is 0 Å². The summed E-state index contributed by atoms with van der Waals surface area (Å²) in [6.45, 7) is 6.69. The molecule has 1 unspecified atom stereocenters. The Hall–Kier alpha value is -1.53. The van der Waals surface area contributed by atoms with Gasteiger partial charge in [-0.2, -0.15) is 5.26 Å². The predicted octanol–water partition coefficient (Wildman–Crippen LogP) is 2.48. The van der Waals surface area contributed by atoms with E-state index in [1.54, 1.807) is 0 Å². The van der Waals surface area contributed by atoms with Crippen LogP contribution in [-0.2, 0) is 4.74 Å². The van der Waals surface area contributed by atoms with E-state index in [0.29, 0.717) is 0 Å². The largest absolute Gasteiger partial charge is 0.375 e. The first-order chi connectivity index (χ1) is 8.24. The molecule has 2 rings (SSSR count). The Labute approximate surface area is 103 Å². The average Bonchev–Trinajstić information content (AvgIpc) is 2.39. The summed E-state index contributed by atoms with van der Waals surface area (Å²) in [6.07, 6.45) is 1.31. The molecule has 1 aromatic carbocycles. The molecule has 0 aromatic heterocycles. The highest BCUT2D eigenvalue weighted by Crippen LogP contribution is 2.24. The standard InChI is InChI=1S/C14H18N2O/c1-3-13-10-16(6-7-17-13)14-8-11(2)4-5-12(14)9-15/h4-5,8,13H,3,6-7,10H2,1-2H3. The normalized spacial score (nSPS) is 20.1. The topological polar surface area (TPSA) is 36.3 Å². The van der Waals surface area contributed by atoms with Gasteiger partial charge in [-0.15, -0.1) is 0 Å². The lowest BCUT2D eigenvalue weighted by Crippen LogP contribution is -2.42. The third-order valence-electron chi connectivity index (χ3n) is 3.21. The highest BCUT2D eigenvalue weighted by Gasteiger charge is 2.21. The van der Waals surface area contributed by atoms with Crippen LogP contribution in [0.25, 0.3) is 0 Å². The summed E-state index contributed by atoms with van der Waals surface area (Å²) in [5, 5.41) is 9.16. The zero-order chi connectivity index (χ0) is 12.3. The average molecular weight is 230 g/mol. The van der Waals surface area contributed by atoms with Crippen molar-refractivity contribution in [3.8, 4) is 6.07 Å². The number of aryl methyl sites for hydroxylation is 1. The summed E-state index contributed by atoms with van der Waals surface area (Å²) >= 11 is 0. The van der Waals surface area contributed by atoms with Crippen LogP contribution in [0.5, 0.6) is 0 Å². The molecule has 1 atom stereocenters. The number of morpholine rings is 1. The molecule has 0 N–H and O–H groups in total. The van der Waals surface area contributed by atoms with Gasteiger partial charge in [-0.3, -0.25) is 0 Å². The van der Waals surface area contributed by atoms with E-state index in [4.69, 9.17) is 10.00 Å². The van der Waals surface area contributed by atoms with E-state index >= 15 is 0 Å². The van der Waals surface area contributed by atoms with Crippen LogP contribution in [0.15, 0.2) is 18.2 Å². The van der Waals surface area contributed by atoms with Gasteiger partial charge in [0.1, 0.15) is 6.07 Å². The number of rotatable bonds is 2. The molecule has 1 saturated heterocycles. The maximum atomic E-state index is 9.16. The van der Waals surface area contributed by atoms with E-state index in [1.165, 1.54) is 5.56 Å². The van der Waals surface area contributed by atoms with Crippen molar-refractivity contribution in [1.82, 2.24) is 0 Å². The lowest BCUT2D eigenvalue weighted by Gasteiger charge is -2.34. The van der Waals surface area contributed by atoms with Gasteiger partial charge in [0.15, 0.2) is 0 Å². The third-order valence-corrected chi connectivity index (χ3v) is 3.21. The Morgan fingerprint density at radius 3 is 3.06 bits per heavy atom. The summed E-state index contributed by atoms with van der Waals surface area (Å²) in [6, 6.07) is 8.25. The number of benzene rings is 1. The summed E-state index contributed by atoms with van der Waals surface area (Å²) in [4.78, 5) is 2.27. The monoisotopic (exact) mass is 230 g/mol. The molecule has 0 radical (unpaired) electrons. The van der Waals surface area contributed by atoms with E-state index in [0.717, 1.165) is 37.4 Å². The minimum absolute atomic E-state index is 0.288. The number of hydrogen-bond donors (Lipinski definition) is 0. The molecule has 0 saturated carbocycles. The van der Waals surface area contributed by atoms with Crippen molar-refractivity contribution in [3.05, 3.63) is 29.3 Å². The van der Waals surface area contributed by atoms with Crippen molar-refractivity contribution in [2.45, 2.75) is 26.4 Å². The van der Waals surface area contributed by atoms with Crippen molar-refractivity contribution in [3.63, 3.8) is 0 Å². The summed E-state index contributed by atoms with van der Waals surface area (Å²) in [5.74, 6) is 0. The van der Waals surface area contributed by atoms with Gasteiger partial charge in [0.25, 0.3) is 0 Å². The van der Waals surface area contributed by atoms with Crippen molar-refractivity contribution in [1.29, 1.82) is 5.26 Å². The smallest absolute Gasteiger partial charge is 0.101 e. The number of nitrogens with zero attached hydrogens (tertiary/aromatic N) is 2. The summed E-state index contributed by atoms with van der Waals surface area (Å²) in [7, 11) is 0. The molecule has 1 aromatic rings. The molecule has 0 spiro atoms. The van der Waals surface area contributed by atoms with Crippen LogP contribution in [-0.4, -0.2) is 25.8 Å². The molecule has 1 aliphatic rings. The van der Waals surface area contributed by atoms with Gasteiger partial charge in [0.05, 0.1) is 24.0 Å². The Morgan fingerprint density at radius 1 is 1.53 bits per heavy atom. The van der Waals surface area contributed by atoms with Crippen LogP contribution in [0.3, 0.4) is 0 Å². The van der Waals surface area contributed by atoms with Gasteiger partial charge in [-0.25, -0.2) is 0 Å². The van der Waals surface area contributed by atoms with Gasteiger partial charge in [0.2, 0.25) is 0 Å². The zero-order valence-electron chi connectivity index (χ0n) is 10.4. The molecule has 0 bridgehead atoms. The molecule has 1 fully saturated rings. The van der Waals surface area contributed by atoms with Crippen LogP contribution in [0.1, 0.15) is 24.5 Å². The highest BCUT2D eigenvalue weighted by atomic mass is 16.5. The van der Waals surface area contributed by atoms with E-state index in [9.17, 15) is 0 Å². The molecule has 3 heteroatoms. The van der Waals surface area contributed by atoms with E-state index in [-0.39, 0.29) is 6.10 Å². The Balaban J connectivity index is 2.27. The highest BCUT2D eigenvalue weighted by molar-refractivity contribution is 5.61. The van der Waals surface area contributed by atoms with Crippen molar-refractivity contribution in [2.75, 3.05) is 24.6 Å².